The van der Waals surface area contributed by atoms with E-state index in [4.69, 9.17) is 4.74 Å². The van der Waals surface area contributed by atoms with Crippen LogP contribution >= 0.6 is 0 Å². The SMILES string of the molecule is COc1cccc(C(=O)Nc2cccc(Nc3ccc(C(=O)NCCC(C)C)cc3C)c2)c1. The number of hydrogen-bond donors (Lipinski definition) is 3. The van der Waals surface area contributed by atoms with Crippen LogP contribution in [-0.4, -0.2) is 25.5 Å². The van der Waals surface area contributed by atoms with Gasteiger partial charge in [-0.3, -0.25) is 9.59 Å². The van der Waals surface area contributed by atoms with E-state index >= 15 is 0 Å². The summed E-state index contributed by atoms with van der Waals surface area (Å²) in [6.07, 6.45) is 0.953. The Morgan fingerprint density at radius 2 is 1.61 bits per heavy atom. The second kappa shape index (κ2) is 11.2. The second-order valence-corrected chi connectivity index (χ2v) is 8.36. The highest BCUT2D eigenvalue weighted by atomic mass is 16.5. The largest absolute Gasteiger partial charge is 0.497 e. The molecule has 2 amide bonds. The van der Waals surface area contributed by atoms with E-state index in [-0.39, 0.29) is 11.8 Å². The Balaban J connectivity index is 1.66. The van der Waals surface area contributed by atoms with Crippen LogP contribution in [-0.2, 0) is 0 Å². The smallest absolute Gasteiger partial charge is 0.255 e. The van der Waals surface area contributed by atoms with Gasteiger partial charge in [-0.25, -0.2) is 0 Å². The van der Waals surface area contributed by atoms with Crippen LogP contribution in [0.5, 0.6) is 5.75 Å². The lowest BCUT2D eigenvalue weighted by Gasteiger charge is -2.13. The van der Waals surface area contributed by atoms with Crippen LogP contribution in [0.4, 0.5) is 17.1 Å². The number of aryl methyl sites for hydroxylation is 1. The molecule has 0 saturated heterocycles. The maximum Gasteiger partial charge on any atom is 0.255 e. The molecule has 3 N–H and O–H groups in total. The van der Waals surface area contributed by atoms with Gasteiger partial charge >= 0.3 is 0 Å². The van der Waals surface area contributed by atoms with Crippen molar-refractivity contribution in [2.75, 3.05) is 24.3 Å². The van der Waals surface area contributed by atoms with Crippen molar-refractivity contribution in [3.63, 3.8) is 0 Å². The molecule has 0 atom stereocenters. The first kappa shape index (κ1) is 23.9. The van der Waals surface area contributed by atoms with E-state index < -0.39 is 0 Å². The molecule has 6 heteroatoms. The lowest BCUT2D eigenvalue weighted by molar-refractivity contribution is 0.0951. The summed E-state index contributed by atoms with van der Waals surface area (Å²) < 4.78 is 5.19. The van der Waals surface area contributed by atoms with Gasteiger partial charge in [0.15, 0.2) is 0 Å². The van der Waals surface area contributed by atoms with Gasteiger partial charge in [-0.1, -0.05) is 26.0 Å². The Morgan fingerprint density at radius 3 is 2.33 bits per heavy atom. The maximum absolute atomic E-state index is 12.6. The molecule has 33 heavy (non-hydrogen) atoms. The van der Waals surface area contributed by atoms with Crippen molar-refractivity contribution in [1.29, 1.82) is 0 Å². The fraction of sp³-hybridized carbons (Fsp3) is 0.259. The maximum atomic E-state index is 12.6. The average Bonchev–Trinajstić information content (AvgIpc) is 2.80. The molecule has 0 spiro atoms. The number of ether oxygens (including phenoxy) is 1. The number of nitrogens with one attached hydrogen (secondary N) is 3. The number of carbonyl (C=O) groups excluding carboxylic acids is 2. The number of amides is 2. The molecule has 0 heterocycles. The van der Waals surface area contributed by atoms with Crippen LogP contribution in [0, 0.1) is 12.8 Å². The van der Waals surface area contributed by atoms with Crippen molar-refractivity contribution in [2.24, 2.45) is 5.92 Å². The van der Waals surface area contributed by atoms with Gasteiger partial charge in [-0.05, 0) is 79.4 Å². The Morgan fingerprint density at radius 1 is 0.879 bits per heavy atom. The Bertz CT molecular complexity index is 1130. The zero-order valence-corrected chi connectivity index (χ0v) is 19.6. The average molecular weight is 446 g/mol. The third-order valence-electron chi connectivity index (χ3n) is 5.23. The van der Waals surface area contributed by atoms with Gasteiger partial charge in [-0.2, -0.15) is 0 Å². The number of hydrogen-bond acceptors (Lipinski definition) is 4. The highest BCUT2D eigenvalue weighted by Gasteiger charge is 2.10. The van der Waals surface area contributed by atoms with Gasteiger partial charge in [0.25, 0.3) is 11.8 Å². The molecule has 0 aliphatic carbocycles. The highest BCUT2D eigenvalue weighted by Crippen LogP contribution is 2.24. The molecule has 0 unspecified atom stereocenters. The standard InChI is InChI=1S/C27H31N3O3/c1-18(2)13-14-28-26(31)21-11-12-25(19(3)15-21)29-22-8-6-9-23(17-22)30-27(32)20-7-5-10-24(16-20)33-4/h5-12,15-18,29H,13-14H2,1-4H3,(H,28,31)(H,30,32). The van der Waals surface area contributed by atoms with E-state index in [1.165, 1.54) is 0 Å². The predicted molar refractivity (Wildman–Crippen MR) is 134 cm³/mol. The molecular formula is C27H31N3O3. The van der Waals surface area contributed by atoms with Crippen LogP contribution in [0.2, 0.25) is 0 Å². The van der Waals surface area contributed by atoms with E-state index in [1.54, 1.807) is 31.4 Å². The number of anilines is 3. The number of rotatable bonds is 9. The molecule has 0 saturated carbocycles. The highest BCUT2D eigenvalue weighted by molar-refractivity contribution is 6.04. The molecule has 6 nitrogen and oxygen atoms in total. The number of methoxy groups -OCH3 is 1. The molecule has 3 rings (SSSR count). The normalized spacial score (nSPS) is 10.6. The first-order valence-corrected chi connectivity index (χ1v) is 11.1. The predicted octanol–water partition coefficient (Wildman–Crippen LogP) is 5.78. The summed E-state index contributed by atoms with van der Waals surface area (Å²) in [5.74, 6) is 0.905. The summed E-state index contributed by atoms with van der Waals surface area (Å²) in [5.41, 5.74) is 4.51. The van der Waals surface area contributed by atoms with Crippen LogP contribution in [0.15, 0.2) is 66.7 Å². The first-order chi connectivity index (χ1) is 15.9. The van der Waals surface area contributed by atoms with Crippen molar-refractivity contribution in [1.82, 2.24) is 5.32 Å². The third kappa shape index (κ3) is 6.84. The minimum Gasteiger partial charge on any atom is -0.497 e. The molecule has 0 bridgehead atoms. The molecule has 0 aliphatic rings. The molecule has 0 radical (unpaired) electrons. The summed E-state index contributed by atoms with van der Waals surface area (Å²) in [5, 5.41) is 9.24. The van der Waals surface area contributed by atoms with Crippen LogP contribution in [0.1, 0.15) is 46.5 Å². The molecule has 3 aromatic carbocycles. The molecule has 3 aromatic rings. The van der Waals surface area contributed by atoms with Crippen LogP contribution in [0.25, 0.3) is 0 Å². The van der Waals surface area contributed by atoms with Gasteiger partial charge in [0.05, 0.1) is 7.11 Å². The van der Waals surface area contributed by atoms with Crippen molar-refractivity contribution in [3.8, 4) is 5.75 Å². The molecule has 0 aromatic heterocycles. The summed E-state index contributed by atoms with van der Waals surface area (Å²) in [4.78, 5) is 25.0. The minimum atomic E-state index is -0.213. The number of benzene rings is 3. The lowest BCUT2D eigenvalue weighted by atomic mass is 10.1. The third-order valence-corrected chi connectivity index (χ3v) is 5.23. The fourth-order valence-corrected chi connectivity index (χ4v) is 3.32. The van der Waals surface area contributed by atoms with E-state index in [1.807, 2.05) is 49.4 Å². The van der Waals surface area contributed by atoms with Gasteiger partial charge in [0, 0.05) is 34.7 Å². The van der Waals surface area contributed by atoms with Crippen LogP contribution in [0.3, 0.4) is 0 Å². The van der Waals surface area contributed by atoms with E-state index in [0.29, 0.717) is 35.0 Å². The molecule has 0 fully saturated rings. The summed E-state index contributed by atoms with van der Waals surface area (Å²) in [6, 6.07) is 20.1. The van der Waals surface area contributed by atoms with E-state index in [0.717, 1.165) is 23.4 Å². The van der Waals surface area contributed by atoms with E-state index in [9.17, 15) is 9.59 Å². The summed E-state index contributed by atoms with van der Waals surface area (Å²) >= 11 is 0. The van der Waals surface area contributed by atoms with Crippen molar-refractivity contribution in [3.05, 3.63) is 83.4 Å². The fourth-order valence-electron chi connectivity index (χ4n) is 3.32. The van der Waals surface area contributed by atoms with Gasteiger partial charge in [0.1, 0.15) is 5.75 Å². The number of carbonyl (C=O) groups is 2. The summed E-state index contributed by atoms with van der Waals surface area (Å²) in [7, 11) is 1.57. The van der Waals surface area contributed by atoms with Crippen molar-refractivity contribution in [2.45, 2.75) is 27.2 Å². The molecular weight excluding hydrogens is 414 g/mol. The zero-order chi connectivity index (χ0) is 23.8. The molecule has 172 valence electrons. The molecule has 0 aliphatic heterocycles. The quantitative estimate of drug-likeness (QED) is 0.390. The first-order valence-electron chi connectivity index (χ1n) is 11.1. The monoisotopic (exact) mass is 445 g/mol. The van der Waals surface area contributed by atoms with Crippen LogP contribution < -0.4 is 20.7 Å². The Hall–Kier alpha value is -3.80. The van der Waals surface area contributed by atoms with Crippen molar-refractivity contribution >= 4 is 28.9 Å². The lowest BCUT2D eigenvalue weighted by Crippen LogP contribution is -2.25. The minimum absolute atomic E-state index is 0.0625. The van der Waals surface area contributed by atoms with Gasteiger partial charge < -0.3 is 20.7 Å². The van der Waals surface area contributed by atoms with E-state index in [2.05, 4.69) is 29.8 Å². The second-order valence-electron chi connectivity index (χ2n) is 8.36. The van der Waals surface area contributed by atoms with Gasteiger partial charge in [0.2, 0.25) is 0 Å². The Labute approximate surface area is 195 Å². The topological polar surface area (TPSA) is 79.5 Å². The zero-order valence-electron chi connectivity index (χ0n) is 19.6. The summed E-state index contributed by atoms with van der Waals surface area (Å²) in [6.45, 7) is 6.90. The van der Waals surface area contributed by atoms with Crippen molar-refractivity contribution < 1.29 is 14.3 Å². The van der Waals surface area contributed by atoms with Gasteiger partial charge in [-0.15, -0.1) is 0 Å². The Kier molecular flexibility index (Phi) is 8.08.